The number of hydrogen-bond donors (Lipinski definition) is 0. The largest absolute Gasteiger partial charge is 0.486 e. The van der Waals surface area contributed by atoms with E-state index in [4.69, 9.17) is 26.3 Å². The predicted octanol–water partition coefficient (Wildman–Crippen LogP) is 2.29. The molecule has 1 heterocycles. The molecule has 0 amide bonds. The summed E-state index contributed by atoms with van der Waals surface area (Å²) in [5.74, 6) is 1.15. The van der Waals surface area contributed by atoms with Gasteiger partial charge >= 0.3 is 0 Å². The van der Waals surface area contributed by atoms with Crippen LogP contribution in [-0.2, 0) is 0 Å². The standard InChI is InChI=1S/C10H8ClNO2/c1-6-7(5-12)4-8(11)10-9(6)13-2-3-14-10/h4H,2-3H2,1H3. The van der Waals surface area contributed by atoms with Crippen molar-refractivity contribution in [1.82, 2.24) is 0 Å². The molecule has 0 unspecified atom stereocenters. The molecule has 1 aliphatic rings. The smallest absolute Gasteiger partial charge is 0.180 e. The minimum absolute atomic E-state index is 0.432. The van der Waals surface area contributed by atoms with Gasteiger partial charge in [-0.05, 0) is 13.0 Å². The highest BCUT2D eigenvalue weighted by Gasteiger charge is 2.20. The fourth-order valence-corrected chi connectivity index (χ4v) is 1.66. The lowest BCUT2D eigenvalue weighted by molar-refractivity contribution is 0.170. The number of nitriles is 1. The summed E-state index contributed by atoms with van der Waals surface area (Å²) in [6.07, 6.45) is 0. The maximum absolute atomic E-state index is 8.84. The molecular formula is C10H8ClNO2. The van der Waals surface area contributed by atoms with Gasteiger partial charge in [-0.3, -0.25) is 0 Å². The third kappa shape index (κ3) is 1.28. The van der Waals surface area contributed by atoms with Crippen molar-refractivity contribution in [3.63, 3.8) is 0 Å². The molecule has 0 atom stereocenters. The highest BCUT2D eigenvalue weighted by atomic mass is 35.5. The van der Waals surface area contributed by atoms with Gasteiger partial charge in [0.2, 0.25) is 0 Å². The summed E-state index contributed by atoms with van der Waals surface area (Å²) in [4.78, 5) is 0. The number of nitrogens with zero attached hydrogens (tertiary/aromatic N) is 1. The van der Waals surface area contributed by atoms with E-state index in [1.165, 1.54) is 0 Å². The molecular weight excluding hydrogens is 202 g/mol. The van der Waals surface area contributed by atoms with Crippen molar-refractivity contribution in [1.29, 1.82) is 5.26 Å². The first-order valence-corrected chi connectivity index (χ1v) is 4.60. The van der Waals surface area contributed by atoms with Crippen LogP contribution in [0.1, 0.15) is 11.1 Å². The molecule has 0 aliphatic carbocycles. The number of benzene rings is 1. The van der Waals surface area contributed by atoms with Gasteiger partial charge in [0.15, 0.2) is 11.5 Å². The van der Waals surface area contributed by atoms with Crippen LogP contribution in [0.4, 0.5) is 0 Å². The van der Waals surface area contributed by atoms with E-state index in [9.17, 15) is 0 Å². The molecule has 14 heavy (non-hydrogen) atoms. The Labute approximate surface area is 86.8 Å². The van der Waals surface area contributed by atoms with Crippen molar-refractivity contribution in [2.75, 3.05) is 13.2 Å². The summed E-state index contributed by atoms with van der Waals surface area (Å²) in [6.45, 7) is 2.82. The van der Waals surface area contributed by atoms with E-state index >= 15 is 0 Å². The Balaban J connectivity index is 2.66. The van der Waals surface area contributed by atoms with Gasteiger partial charge in [-0.25, -0.2) is 0 Å². The molecule has 0 saturated heterocycles. The Hall–Kier alpha value is -1.40. The lowest BCUT2D eigenvalue weighted by atomic mass is 10.1. The van der Waals surface area contributed by atoms with Crippen LogP contribution >= 0.6 is 11.6 Å². The van der Waals surface area contributed by atoms with Crippen molar-refractivity contribution in [3.05, 3.63) is 22.2 Å². The lowest BCUT2D eigenvalue weighted by Crippen LogP contribution is -2.16. The second-order valence-corrected chi connectivity index (χ2v) is 3.41. The van der Waals surface area contributed by atoms with Crippen LogP contribution < -0.4 is 9.47 Å². The SMILES string of the molecule is Cc1c(C#N)cc(Cl)c2c1OCCO2. The van der Waals surface area contributed by atoms with Crippen LogP contribution in [-0.4, -0.2) is 13.2 Å². The minimum Gasteiger partial charge on any atom is -0.486 e. The van der Waals surface area contributed by atoms with Crippen LogP contribution in [0, 0.1) is 18.3 Å². The average molecular weight is 210 g/mol. The highest BCUT2D eigenvalue weighted by Crippen LogP contribution is 2.41. The quantitative estimate of drug-likeness (QED) is 0.659. The molecule has 0 saturated carbocycles. The van der Waals surface area contributed by atoms with Crippen LogP contribution in [0.15, 0.2) is 6.07 Å². The molecule has 1 aliphatic heterocycles. The summed E-state index contributed by atoms with van der Waals surface area (Å²) in [7, 11) is 0. The first-order chi connectivity index (χ1) is 6.74. The molecule has 3 nitrogen and oxygen atoms in total. The van der Waals surface area contributed by atoms with E-state index in [2.05, 4.69) is 6.07 Å². The van der Waals surface area contributed by atoms with E-state index in [0.29, 0.717) is 35.3 Å². The maximum Gasteiger partial charge on any atom is 0.180 e. The van der Waals surface area contributed by atoms with Gasteiger partial charge in [0, 0.05) is 5.56 Å². The molecule has 72 valence electrons. The molecule has 0 aromatic heterocycles. The van der Waals surface area contributed by atoms with Gasteiger partial charge in [-0.2, -0.15) is 5.26 Å². The van der Waals surface area contributed by atoms with Crippen molar-refractivity contribution in [2.24, 2.45) is 0 Å². The zero-order valence-electron chi connectivity index (χ0n) is 7.63. The van der Waals surface area contributed by atoms with Crippen LogP contribution in [0.3, 0.4) is 0 Å². The van der Waals surface area contributed by atoms with Crippen LogP contribution in [0.25, 0.3) is 0 Å². The Morgan fingerprint density at radius 2 is 2.00 bits per heavy atom. The van der Waals surface area contributed by atoms with Crippen LogP contribution in [0.5, 0.6) is 11.5 Å². The van der Waals surface area contributed by atoms with Crippen molar-refractivity contribution in [2.45, 2.75) is 6.92 Å². The molecule has 0 radical (unpaired) electrons. The van der Waals surface area contributed by atoms with E-state index < -0.39 is 0 Å². The van der Waals surface area contributed by atoms with Crippen molar-refractivity contribution in [3.8, 4) is 17.6 Å². The number of fused-ring (bicyclic) bond motifs is 1. The summed E-state index contributed by atoms with van der Waals surface area (Å²) in [5, 5.41) is 9.27. The first-order valence-electron chi connectivity index (χ1n) is 4.23. The van der Waals surface area contributed by atoms with Gasteiger partial charge in [-0.1, -0.05) is 11.6 Å². The number of halogens is 1. The summed E-state index contributed by atoms with van der Waals surface area (Å²) in [5.41, 5.74) is 1.31. The van der Waals surface area contributed by atoms with Crippen LogP contribution in [0.2, 0.25) is 5.02 Å². The zero-order valence-corrected chi connectivity index (χ0v) is 8.39. The second-order valence-electron chi connectivity index (χ2n) is 3.00. The summed E-state index contributed by atoms with van der Waals surface area (Å²) in [6, 6.07) is 3.67. The first kappa shape index (κ1) is 9.17. The molecule has 0 bridgehead atoms. The third-order valence-corrected chi connectivity index (χ3v) is 2.42. The second kappa shape index (κ2) is 3.39. The van der Waals surface area contributed by atoms with Gasteiger partial charge in [0.1, 0.15) is 13.2 Å². The maximum atomic E-state index is 8.84. The summed E-state index contributed by atoms with van der Waals surface area (Å²) >= 11 is 5.94. The Kier molecular flexibility index (Phi) is 2.22. The number of hydrogen-bond acceptors (Lipinski definition) is 3. The van der Waals surface area contributed by atoms with E-state index in [1.807, 2.05) is 6.92 Å². The molecule has 2 rings (SSSR count). The predicted molar refractivity (Wildman–Crippen MR) is 51.9 cm³/mol. The zero-order chi connectivity index (χ0) is 10.1. The number of rotatable bonds is 0. The average Bonchev–Trinajstić information content (AvgIpc) is 2.23. The topological polar surface area (TPSA) is 42.2 Å². The van der Waals surface area contributed by atoms with Gasteiger partial charge in [-0.15, -0.1) is 0 Å². The van der Waals surface area contributed by atoms with Gasteiger partial charge < -0.3 is 9.47 Å². The lowest BCUT2D eigenvalue weighted by Gasteiger charge is -2.21. The number of ether oxygens (including phenoxy) is 2. The third-order valence-electron chi connectivity index (χ3n) is 2.14. The van der Waals surface area contributed by atoms with Gasteiger partial charge in [0.25, 0.3) is 0 Å². The molecule has 4 heteroatoms. The van der Waals surface area contributed by atoms with E-state index in [0.717, 1.165) is 5.56 Å². The minimum atomic E-state index is 0.432. The normalized spacial score (nSPS) is 13.5. The fraction of sp³-hybridized carbons (Fsp3) is 0.300. The van der Waals surface area contributed by atoms with E-state index in [-0.39, 0.29) is 0 Å². The molecule has 1 aromatic rings. The highest BCUT2D eigenvalue weighted by molar-refractivity contribution is 6.32. The monoisotopic (exact) mass is 209 g/mol. The molecule has 0 spiro atoms. The van der Waals surface area contributed by atoms with E-state index in [1.54, 1.807) is 6.07 Å². The Morgan fingerprint density at radius 1 is 1.36 bits per heavy atom. The van der Waals surface area contributed by atoms with Crippen molar-refractivity contribution >= 4 is 11.6 Å². The molecule has 0 N–H and O–H groups in total. The van der Waals surface area contributed by atoms with Crippen molar-refractivity contribution < 1.29 is 9.47 Å². The fourth-order valence-electron chi connectivity index (χ4n) is 1.41. The molecule has 1 aromatic carbocycles. The Bertz CT molecular complexity index is 419. The Morgan fingerprint density at radius 3 is 2.64 bits per heavy atom. The van der Waals surface area contributed by atoms with Gasteiger partial charge in [0.05, 0.1) is 16.7 Å². The summed E-state index contributed by atoms with van der Waals surface area (Å²) < 4.78 is 10.8. The molecule has 0 fully saturated rings.